The van der Waals surface area contributed by atoms with Gasteiger partial charge in [0.05, 0.1) is 17.4 Å². The molecule has 2 aliphatic rings. The predicted molar refractivity (Wildman–Crippen MR) is 117 cm³/mol. The highest BCUT2D eigenvalue weighted by Crippen LogP contribution is 2.39. The number of hydrogen-bond acceptors (Lipinski definition) is 5. The van der Waals surface area contributed by atoms with E-state index in [9.17, 15) is 9.59 Å². The maximum absolute atomic E-state index is 12.9. The summed E-state index contributed by atoms with van der Waals surface area (Å²) >= 11 is 0. The normalized spacial score (nSPS) is 18.7. The van der Waals surface area contributed by atoms with Crippen molar-refractivity contribution in [3.63, 3.8) is 0 Å². The molecular weight excluding hydrogens is 394 g/mol. The van der Waals surface area contributed by atoms with Crippen LogP contribution in [0, 0.1) is 0 Å². The van der Waals surface area contributed by atoms with Crippen LogP contribution in [0.15, 0.2) is 36.8 Å². The van der Waals surface area contributed by atoms with Crippen LogP contribution in [-0.4, -0.2) is 66.7 Å². The number of nitrogens with zero attached hydrogens (tertiary/aromatic N) is 5. The number of hydrogen-bond donors (Lipinski definition) is 2. The Hall–Kier alpha value is -3.20. The van der Waals surface area contributed by atoms with Gasteiger partial charge in [-0.3, -0.25) is 9.69 Å². The largest absolute Gasteiger partial charge is 0.345 e. The fourth-order valence-corrected chi connectivity index (χ4v) is 5.04. The topological polar surface area (TPSA) is 99.2 Å². The first-order valence-electron chi connectivity index (χ1n) is 10.8. The molecule has 0 atom stereocenters. The zero-order valence-electron chi connectivity index (χ0n) is 17.7. The molecule has 3 aromatic rings. The first-order chi connectivity index (χ1) is 15.0. The Balaban J connectivity index is 1.24. The van der Waals surface area contributed by atoms with Gasteiger partial charge in [0.2, 0.25) is 5.91 Å². The molecule has 0 radical (unpaired) electrons. The van der Waals surface area contributed by atoms with Crippen LogP contribution < -0.4 is 5.32 Å². The van der Waals surface area contributed by atoms with Crippen molar-refractivity contribution in [1.29, 1.82) is 0 Å². The first kappa shape index (κ1) is 19.7. The van der Waals surface area contributed by atoms with Crippen molar-refractivity contribution in [2.45, 2.75) is 44.7 Å². The molecule has 2 saturated heterocycles. The first-order valence-corrected chi connectivity index (χ1v) is 10.8. The average Bonchev–Trinajstić information content (AvgIpc) is 3.49. The van der Waals surface area contributed by atoms with E-state index in [2.05, 4.69) is 43.5 Å². The summed E-state index contributed by atoms with van der Waals surface area (Å²) in [5.41, 5.74) is 3.50. The fourth-order valence-electron chi connectivity index (χ4n) is 5.04. The van der Waals surface area contributed by atoms with Crippen molar-refractivity contribution in [2.24, 2.45) is 0 Å². The molecule has 1 aromatic carbocycles. The summed E-state index contributed by atoms with van der Waals surface area (Å²) in [5.74, 6) is 0.190. The minimum Gasteiger partial charge on any atom is -0.345 e. The van der Waals surface area contributed by atoms with Crippen LogP contribution in [0.25, 0.3) is 11.0 Å². The van der Waals surface area contributed by atoms with E-state index in [1.54, 1.807) is 18.6 Å². The Morgan fingerprint density at radius 2 is 2.00 bits per heavy atom. The zero-order chi connectivity index (χ0) is 21.4. The standard InChI is InChI=1S/C22H27N7O2/c1-16(30)25-20-5-10-29(26-20)21(31)27-11-7-22(8-12-27)6-2-9-28(22)14-17-3-4-18-19(13-17)24-15-23-18/h3-5,10,13,15H,2,6-9,11-12,14H2,1H3,(H,23,24)(H,25,26,30). The summed E-state index contributed by atoms with van der Waals surface area (Å²) < 4.78 is 1.31. The van der Waals surface area contributed by atoms with Gasteiger partial charge in [0.15, 0.2) is 5.82 Å². The van der Waals surface area contributed by atoms with Crippen LogP contribution in [0.2, 0.25) is 0 Å². The summed E-state index contributed by atoms with van der Waals surface area (Å²) in [6, 6.07) is 7.94. The predicted octanol–water partition coefficient (Wildman–Crippen LogP) is 2.82. The number of nitrogens with one attached hydrogen (secondary N) is 2. The third kappa shape index (κ3) is 3.81. The van der Waals surface area contributed by atoms with Gasteiger partial charge in [0.25, 0.3) is 0 Å². The number of amides is 2. The molecule has 31 heavy (non-hydrogen) atoms. The van der Waals surface area contributed by atoms with E-state index in [-0.39, 0.29) is 17.5 Å². The number of piperidine rings is 1. The number of rotatable bonds is 3. The molecule has 0 unspecified atom stereocenters. The molecule has 0 saturated carbocycles. The quantitative estimate of drug-likeness (QED) is 0.678. The number of carbonyl (C=O) groups is 2. The molecule has 5 rings (SSSR count). The molecule has 2 N–H and O–H groups in total. The number of aromatic amines is 1. The van der Waals surface area contributed by atoms with Gasteiger partial charge in [-0.1, -0.05) is 6.07 Å². The van der Waals surface area contributed by atoms with Gasteiger partial charge in [0, 0.05) is 44.4 Å². The number of fused-ring (bicyclic) bond motifs is 1. The molecule has 9 heteroatoms. The lowest BCUT2D eigenvalue weighted by molar-refractivity contribution is -0.114. The summed E-state index contributed by atoms with van der Waals surface area (Å²) in [6.45, 7) is 4.85. The Labute approximate surface area is 180 Å². The molecular formula is C22H27N7O2. The fraction of sp³-hybridized carbons (Fsp3) is 0.455. The second kappa shape index (κ2) is 7.81. The summed E-state index contributed by atoms with van der Waals surface area (Å²) in [5, 5.41) is 6.79. The van der Waals surface area contributed by atoms with Gasteiger partial charge < -0.3 is 15.2 Å². The molecule has 2 aliphatic heterocycles. The van der Waals surface area contributed by atoms with Gasteiger partial charge in [-0.15, -0.1) is 5.10 Å². The van der Waals surface area contributed by atoms with Crippen LogP contribution in [0.4, 0.5) is 10.6 Å². The molecule has 9 nitrogen and oxygen atoms in total. The van der Waals surface area contributed by atoms with Crippen molar-refractivity contribution in [3.8, 4) is 0 Å². The summed E-state index contributed by atoms with van der Waals surface area (Å²) in [6.07, 6.45) is 7.63. The maximum atomic E-state index is 12.9. The van der Waals surface area contributed by atoms with E-state index in [1.165, 1.54) is 30.0 Å². The van der Waals surface area contributed by atoms with E-state index >= 15 is 0 Å². The van der Waals surface area contributed by atoms with Crippen LogP contribution in [-0.2, 0) is 11.3 Å². The van der Waals surface area contributed by atoms with Crippen molar-refractivity contribution < 1.29 is 9.59 Å². The van der Waals surface area contributed by atoms with E-state index in [0.29, 0.717) is 18.9 Å². The molecule has 0 bridgehead atoms. The molecule has 2 fully saturated rings. The van der Waals surface area contributed by atoms with Gasteiger partial charge in [-0.05, 0) is 49.9 Å². The van der Waals surface area contributed by atoms with Crippen molar-refractivity contribution >= 4 is 28.8 Å². The number of imidazole rings is 1. The molecule has 4 heterocycles. The minimum absolute atomic E-state index is 0.139. The van der Waals surface area contributed by atoms with Gasteiger partial charge in [-0.25, -0.2) is 9.78 Å². The molecule has 162 valence electrons. The highest BCUT2D eigenvalue weighted by Gasteiger charge is 2.43. The second-order valence-electron chi connectivity index (χ2n) is 8.60. The Morgan fingerprint density at radius 3 is 2.81 bits per heavy atom. The van der Waals surface area contributed by atoms with E-state index in [1.807, 2.05) is 4.90 Å². The van der Waals surface area contributed by atoms with Gasteiger partial charge >= 0.3 is 6.03 Å². The van der Waals surface area contributed by atoms with Crippen molar-refractivity contribution in [1.82, 2.24) is 29.5 Å². The smallest absolute Gasteiger partial charge is 0.344 e. The third-order valence-corrected chi connectivity index (χ3v) is 6.65. The van der Waals surface area contributed by atoms with Crippen LogP contribution in [0.1, 0.15) is 38.2 Å². The highest BCUT2D eigenvalue weighted by molar-refractivity contribution is 5.88. The lowest BCUT2D eigenvalue weighted by atomic mass is 9.85. The average molecular weight is 422 g/mol. The molecule has 0 aliphatic carbocycles. The number of H-pyrrole nitrogens is 1. The van der Waals surface area contributed by atoms with Gasteiger partial charge in [-0.2, -0.15) is 4.68 Å². The number of aromatic nitrogens is 4. The molecule has 1 spiro atoms. The van der Waals surface area contributed by atoms with Crippen molar-refractivity contribution in [3.05, 3.63) is 42.4 Å². The summed E-state index contributed by atoms with van der Waals surface area (Å²) in [4.78, 5) is 36.0. The lowest BCUT2D eigenvalue weighted by Gasteiger charge is -2.45. The van der Waals surface area contributed by atoms with Crippen LogP contribution >= 0.6 is 0 Å². The second-order valence-corrected chi connectivity index (χ2v) is 8.60. The molecule has 2 aromatic heterocycles. The maximum Gasteiger partial charge on any atom is 0.344 e. The van der Waals surface area contributed by atoms with E-state index in [0.717, 1.165) is 37.0 Å². The molecule has 2 amide bonds. The van der Waals surface area contributed by atoms with Gasteiger partial charge in [0.1, 0.15) is 0 Å². The highest BCUT2D eigenvalue weighted by atomic mass is 16.2. The number of carbonyl (C=O) groups excluding carboxylic acids is 2. The Bertz CT molecular complexity index is 1110. The number of benzene rings is 1. The summed E-state index contributed by atoms with van der Waals surface area (Å²) in [7, 11) is 0. The monoisotopic (exact) mass is 421 g/mol. The minimum atomic E-state index is -0.203. The Kier molecular flexibility index (Phi) is 4.97. The Morgan fingerprint density at radius 1 is 1.16 bits per heavy atom. The van der Waals surface area contributed by atoms with E-state index in [4.69, 9.17) is 0 Å². The van der Waals surface area contributed by atoms with E-state index < -0.39 is 0 Å². The van der Waals surface area contributed by atoms with Crippen molar-refractivity contribution in [2.75, 3.05) is 25.0 Å². The lowest BCUT2D eigenvalue weighted by Crippen LogP contribution is -2.53. The SMILES string of the molecule is CC(=O)Nc1ccn(C(=O)N2CCC3(CCCN3Cc3ccc4[nH]cnc4c3)CC2)n1. The van der Waals surface area contributed by atoms with Crippen LogP contribution in [0.5, 0.6) is 0 Å². The number of likely N-dealkylation sites (tertiary alicyclic amines) is 2. The number of anilines is 1. The third-order valence-electron chi connectivity index (χ3n) is 6.65. The van der Waals surface area contributed by atoms with Crippen LogP contribution in [0.3, 0.4) is 0 Å². The zero-order valence-corrected chi connectivity index (χ0v) is 17.7.